The summed E-state index contributed by atoms with van der Waals surface area (Å²) in [6.45, 7) is 1.91. The topological polar surface area (TPSA) is 67.2 Å². The van der Waals surface area contributed by atoms with Crippen LogP contribution >= 0.6 is 0 Å². The summed E-state index contributed by atoms with van der Waals surface area (Å²) >= 11 is 0. The van der Waals surface area contributed by atoms with Gasteiger partial charge in [0.25, 0.3) is 5.91 Å². The second-order valence-electron chi connectivity index (χ2n) is 6.38. The lowest BCUT2D eigenvalue weighted by Gasteiger charge is -2.34. The molecule has 1 saturated heterocycles. The number of carbonyl (C=O) groups excluding carboxylic acids is 1. The van der Waals surface area contributed by atoms with Crippen molar-refractivity contribution in [3.63, 3.8) is 0 Å². The first-order chi connectivity index (χ1) is 11.9. The van der Waals surface area contributed by atoms with E-state index in [4.69, 9.17) is 0 Å². The minimum Gasteiger partial charge on any atom is -0.342 e. The summed E-state index contributed by atoms with van der Waals surface area (Å²) in [6, 6.07) is 2.92. The zero-order chi connectivity index (χ0) is 18.0. The van der Waals surface area contributed by atoms with Gasteiger partial charge >= 0.3 is 0 Å². The SMILES string of the molecule is CN(CC1CCN(C(=O)c2cc(F)cc(F)c2)CC1)c1nnnn1C. The van der Waals surface area contributed by atoms with Gasteiger partial charge in [-0.15, -0.1) is 0 Å². The van der Waals surface area contributed by atoms with Gasteiger partial charge in [-0.3, -0.25) is 4.79 Å². The Bertz CT molecular complexity index is 737. The highest BCUT2D eigenvalue weighted by atomic mass is 19.1. The molecule has 25 heavy (non-hydrogen) atoms. The molecular formula is C16H20F2N6O. The van der Waals surface area contributed by atoms with Crippen molar-refractivity contribution in [2.75, 3.05) is 31.6 Å². The molecule has 0 aliphatic carbocycles. The number of aromatic nitrogens is 4. The number of aryl methyl sites for hydroxylation is 1. The van der Waals surface area contributed by atoms with Crippen molar-refractivity contribution < 1.29 is 13.6 Å². The number of anilines is 1. The van der Waals surface area contributed by atoms with E-state index in [1.807, 2.05) is 11.9 Å². The predicted octanol–water partition coefficient (Wildman–Crippen LogP) is 1.48. The first-order valence-electron chi connectivity index (χ1n) is 8.13. The van der Waals surface area contributed by atoms with Crippen molar-refractivity contribution >= 4 is 11.9 Å². The minimum atomic E-state index is -0.739. The molecule has 1 aliphatic rings. The van der Waals surface area contributed by atoms with E-state index < -0.39 is 11.6 Å². The Balaban J connectivity index is 1.56. The largest absolute Gasteiger partial charge is 0.342 e. The van der Waals surface area contributed by atoms with Crippen LogP contribution < -0.4 is 4.90 Å². The summed E-state index contributed by atoms with van der Waals surface area (Å²) < 4.78 is 28.2. The third-order valence-corrected chi connectivity index (χ3v) is 4.48. The van der Waals surface area contributed by atoms with Crippen LogP contribution in [0, 0.1) is 17.6 Å². The van der Waals surface area contributed by atoms with Crippen LogP contribution in [0.2, 0.25) is 0 Å². The van der Waals surface area contributed by atoms with Gasteiger partial charge in [-0.1, -0.05) is 5.10 Å². The number of amides is 1. The fraction of sp³-hybridized carbons (Fsp3) is 0.500. The molecule has 1 aliphatic heterocycles. The fourth-order valence-electron chi connectivity index (χ4n) is 3.20. The van der Waals surface area contributed by atoms with E-state index in [1.165, 1.54) is 0 Å². The van der Waals surface area contributed by atoms with Crippen LogP contribution in [0.3, 0.4) is 0 Å². The van der Waals surface area contributed by atoms with Crippen LogP contribution in [0.4, 0.5) is 14.7 Å². The molecule has 1 aromatic heterocycles. The molecule has 0 spiro atoms. The molecule has 2 aromatic rings. The minimum absolute atomic E-state index is 0.0539. The van der Waals surface area contributed by atoms with Crippen LogP contribution in [-0.4, -0.2) is 57.7 Å². The quantitative estimate of drug-likeness (QED) is 0.836. The van der Waals surface area contributed by atoms with Gasteiger partial charge in [0, 0.05) is 45.4 Å². The summed E-state index contributed by atoms with van der Waals surface area (Å²) in [5.41, 5.74) is 0.0539. The number of rotatable bonds is 4. The lowest BCUT2D eigenvalue weighted by molar-refractivity contribution is 0.0692. The maximum Gasteiger partial charge on any atom is 0.254 e. The molecule has 0 N–H and O–H groups in total. The number of hydrogen-bond donors (Lipinski definition) is 0. The number of benzene rings is 1. The second-order valence-corrected chi connectivity index (χ2v) is 6.38. The highest BCUT2D eigenvalue weighted by Crippen LogP contribution is 2.21. The van der Waals surface area contributed by atoms with Crippen molar-refractivity contribution in [2.24, 2.45) is 13.0 Å². The molecule has 0 atom stereocenters. The number of carbonyl (C=O) groups is 1. The molecule has 0 unspecified atom stereocenters. The molecule has 1 aromatic carbocycles. The molecule has 0 bridgehead atoms. The third kappa shape index (κ3) is 3.92. The fourth-order valence-corrected chi connectivity index (χ4v) is 3.20. The van der Waals surface area contributed by atoms with Crippen LogP contribution in [-0.2, 0) is 7.05 Å². The van der Waals surface area contributed by atoms with Crippen LogP contribution in [0.15, 0.2) is 18.2 Å². The third-order valence-electron chi connectivity index (χ3n) is 4.48. The molecule has 1 amide bonds. The zero-order valence-electron chi connectivity index (χ0n) is 14.2. The highest BCUT2D eigenvalue weighted by Gasteiger charge is 2.25. The summed E-state index contributed by atoms with van der Waals surface area (Å²) in [5.74, 6) is -0.722. The summed E-state index contributed by atoms with van der Waals surface area (Å²) in [4.78, 5) is 16.1. The molecular weight excluding hydrogens is 330 g/mol. The highest BCUT2D eigenvalue weighted by molar-refractivity contribution is 5.94. The van der Waals surface area contributed by atoms with Gasteiger partial charge in [-0.2, -0.15) is 0 Å². The smallest absolute Gasteiger partial charge is 0.254 e. The van der Waals surface area contributed by atoms with Gasteiger partial charge in [0.1, 0.15) is 11.6 Å². The van der Waals surface area contributed by atoms with E-state index in [9.17, 15) is 13.6 Å². The maximum absolute atomic E-state index is 13.3. The van der Waals surface area contributed by atoms with Gasteiger partial charge in [-0.25, -0.2) is 13.5 Å². The Morgan fingerprint density at radius 2 is 1.88 bits per heavy atom. The lowest BCUT2D eigenvalue weighted by atomic mass is 9.96. The number of halogens is 2. The molecule has 7 nitrogen and oxygen atoms in total. The van der Waals surface area contributed by atoms with E-state index >= 15 is 0 Å². The molecule has 1 fully saturated rings. The first-order valence-corrected chi connectivity index (χ1v) is 8.13. The normalized spacial score (nSPS) is 15.4. The van der Waals surface area contributed by atoms with Crippen molar-refractivity contribution in [2.45, 2.75) is 12.8 Å². The Morgan fingerprint density at radius 1 is 1.24 bits per heavy atom. The van der Waals surface area contributed by atoms with E-state index in [0.29, 0.717) is 25.0 Å². The number of piperidine rings is 1. The van der Waals surface area contributed by atoms with Gasteiger partial charge in [0.05, 0.1) is 0 Å². The maximum atomic E-state index is 13.3. The van der Waals surface area contributed by atoms with Gasteiger partial charge < -0.3 is 9.80 Å². The molecule has 0 saturated carbocycles. The molecule has 2 heterocycles. The van der Waals surface area contributed by atoms with Crippen LogP contribution in [0.5, 0.6) is 0 Å². The van der Waals surface area contributed by atoms with Crippen molar-refractivity contribution in [3.05, 3.63) is 35.4 Å². The Kier molecular flexibility index (Phi) is 4.91. The molecule has 0 radical (unpaired) electrons. The van der Waals surface area contributed by atoms with E-state index in [0.717, 1.165) is 37.6 Å². The summed E-state index contributed by atoms with van der Waals surface area (Å²) in [7, 11) is 3.71. The summed E-state index contributed by atoms with van der Waals surface area (Å²) in [5, 5.41) is 11.4. The lowest BCUT2D eigenvalue weighted by Crippen LogP contribution is -2.41. The number of hydrogen-bond acceptors (Lipinski definition) is 5. The Morgan fingerprint density at radius 3 is 2.44 bits per heavy atom. The zero-order valence-corrected chi connectivity index (χ0v) is 14.2. The van der Waals surface area contributed by atoms with Crippen LogP contribution in [0.25, 0.3) is 0 Å². The van der Waals surface area contributed by atoms with E-state index in [-0.39, 0.29) is 11.5 Å². The first kappa shape index (κ1) is 17.2. The number of likely N-dealkylation sites (tertiary alicyclic amines) is 1. The summed E-state index contributed by atoms with van der Waals surface area (Å²) in [6.07, 6.45) is 1.64. The average Bonchev–Trinajstić information content (AvgIpc) is 3.00. The predicted molar refractivity (Wildman–Crippen MR) is 87.1 cm³/mol. The van der Waals surface area contributed by atoms with Gasteiger partial charge in [-0.05, 0) is 41.3 Å². The average molecular weight is 350 g/mol. The molecule has 134 valence electrons. The van der Waals surface area contributed by atoms with Crippen molar-refractivity contribution in [1.82, 2.24) is 25.1 Å². The number of nitrogens with zero attached hydrogens (tertiary/aromatic N) is 6. The van der Waals surface area contributed by atoms with Crippen LogP contribution in [0.1, 0.15) is 23.2 Å². The van der Waals surface area contributed by atoms with E-state index in [1.54, 1.807) is 16.6 Å². The van der Waals surface area contributed by atoms with E-state index in [2.05, 4.69) is 15.5 Å². The standard InChI is InChI=1S/C16H20F2N6O/c1-22(16-19-20-21-23(16)2)10-11-3-5-24(6-4-11)15(25)12-7-13(17)9-14(18)8-12/h7-9,11H,3-6,10H2,1-2H3. The second kappa shape index (κ2) is 7.12. The Hall–Kier alpha value is -2.58. The molecule has 3 rings (SSSR count). The monoisotopic (exact) mass is 350 g/mol. The Labute approximate surface area is 144 Å². The molecule has 9 heteroatoms. The van der Waals surface area contributed by atoms with Gasteiger partial charge in [0.15, 0.2) is 0 Å². The van der Waals surface area contributed by atoms with Crippen molar-refractivity contribution in [1.29, 1.82) is 0 Å². The van der Waals surface area contributed by atoms with Crippen molar-refractivity contribution in [3.8, 4) is 0 Å². The van der Waals surface area contributed by atoms with Gasteiger partial charge in [0.2, 0.25) is 5.95 Å². The number of tetrazole rings is 1.